The molecule has 2 aromatic carbocycles. The van der Waals surface area contributed by atoms with Gasteiger partial charge in [-0.1, -0.05) is 61.2 Å². The van der Waals surface area contributed by atoms with Crippen molar-refractivity contribution in [2.24, 2.45) is 10.7 Å². The van der Waals surface area contributed by atoms with E-state index in [1.165, 1.54) is 0 Å². The van der Waals surface area contributed by atoms with Crippen LogP contribution < -0.4 is 16.4 Å². The average Bonchev–Trinajstić information content (AvgIpc) is 2.84. The van der Waals surface area contributed by atoms with Crippen LogP contribution in [0.15, 0.2) is 108 Å². The van der Waals surface area contributed by atoms with Gasteiger partial charge in [-0.15, -0.1) is 0 Å². The lowest BCUT2D eigenvalue weighted by Crippen LogP contribution is -2.26. The maximum atomic E-state index is 13.3. The maximum Gasteiger partial charge on any atom is 0.274 e. The molecule has 0 aliphatic heterocycles. The van der Waals surface area contributed by atoms with Gasteiger partial charge in [0.15, 0.2) is 0 Å². The number of rotatable bonds is 10. The Morgan fingerprint density at radius 1 is 1.06 bits per heavy atom. The molecule has 0 unspecified atom stereocenters. The minimum absolute atomic E-state index is 0.138. The molecule has 3 aromatic rings. The molecule has 0 atom stereocenters. The molecule has 174 valence electrons. The van der Waals surface area contributed by atoms with Crippen molar-refractivity contribution in [2.45, 2.75) is 0 Å². The number of likely N-dealkylation sites (N-methyl/N-ethyl adjacent to an activating group) is 1. The number of allylic oxidation sites excluding steroid dienone is 1. The van der Waals surface area contributed by atoms with E-state index in [2.05, 4.69) is 32.1 Å². The van der Waals surface area contributed by atoms with Crippen LogP contribution in [0.3, 0.4) is 0 Å². The quantitative estimate of drug-likeness (QED) is 0.188. The lowest BCUT2D eigenvalue weighted by atomic mass is 10.1. The van der Waals surface area contributed by atoms with E-state index in [0.29, 0.717) is 17.9 Å². The monoisotopic (exact) mass is 454 g/mol. The van der Waals surface area contributed by atoms with Gasteiger partial charge in [0.2, 0.25) is 0 Å². The smallest absolute Gasteiger partial charge is 0.274 e. The largest absolute Gasteiger partial charge is 0.384 e. The average molecular weight is 455 g/mol. The Bertz CT molecular complexity index is 1170. The minimum Gasteiger partial charge on any atom is -0.384 e. The van der Waals surface area contributed by atoms with Gasteiger partial charge in [-0.3, -0.25) is 9.78 Å². The number of para-hydroxylation sites is 1. The highest BCUT2D eigenvalue weighted by atomic mass is 16.2. The molecule has 34 heavy (non-hydrogen) atoms. The fourth-order valence-electron chi connectivity index (χ4n) is 3.13. The summed E-state index contributed by atoms with van der Waals surface area (Å²) in [4.78, 5) is 24.2. The molecular weight excluding hydrogens is 424 g/mol. The summed E-state index contributed by atoms with van der Waals surface area (Å²) in [6, 6.07) is 22.4. The predicted octanol–water partition coefficient (Wildman–Crippen LogP) is 3.64. The second-order valence-corrected chi connectivity index (χ2v) is 7.86. The van der Waals surface area contributed by atoms with Crippen LogP contribution in [-0.4, -0.2) is 48.8 Å². The molecule has 7 nitrogen and oxygen atoms in total. The molecule has 1 aromatic heterocycles. The predicted molar refractivity (Wildman–Crippen MR) is 139 cm³/mol. The molecule has 3 rings (SSSR count). The molecule has 4 N–H and O–H groups in total. The number of carbonyl (C=O) groups excluding carboxylic acids is 1. The van der Waals surface area contributed by atoms with Crippen LogP contribution >= 0.6 is 0 Å². The molecule has 0 saturated carbocycles. The first-order valence-electron chi connectivity index (χ1n) is 10.9. The van der Waals surface area contributed by atoms with Crippen molar-refractivity contribution in [2.75, 3.05) is 32.5 Å². The zero-order valence-electron chi connectivity index (χ0n) is 19.5. The van der Waals surface area contributed by atoms with Crippen molar-refractivity contribution >= 4 is 17.4 Å². The van der Waals surface area contributed by atoms with Crippen LogP contribution in [0.25, 0.3) is 11.3 Å². The Balaban J connectivity index is 1.90. The van der Waals surface area contributed by atoms with Crippen LogP contribution in [0.1, 0.15) is 5.56 Å². The van der Waals surface area contributed by atoms with Crippen molar-refractivity contribution in [3.05, 3.63) is 109 Å². The third-order valence-electron chi connectivity index (χ3n) is 4.88. The third kappa shape index (κ3) is 7.15. The number of benzene rings is 2. The molecule has 0 bridgehead atoms. The van der Waals surface area contributed by atoms with Gasteiger partial charge in [0.1, 0.15) is 11.5 Å². The number of anilines is 1. The molecule has 7 heteroatoms. The summed E-state index contributed by atoms with van der Waals surface area (Å²) < 4.78 is 0. The molecular formula is C27H30N6O. The van der Waals surface area contributed by atoms with Crippen molar-refractivity contribution in [3.8, 4) is 11.3 Å². The Hall–Kier alpha value is -4.23. The first kappa shape index (κ1) is 24.4. The number of pyridine rings is 1. The summed E-state index contributed by atoms with van der Waals surface area (Å²) in [7, 11) is 3.98. The van der Waals surface area contributed by atoms with Gasteiger partial charge >= 0.3 is 0 Å². The number of amidine groups is 1. The Labute approximate surface area is 200 Å². The summed E-state index contributed by atoms with van der Waals surface area (Å²) in [6.07, 6.45) is 3.32. The second kappa shape index (κ2) is 12.1. The number of carbonyl (C=O) groups is 1. The van der Waals surface area contributed by atoms with Gasteiger partial charge in [0, 0.05) is 36.1 Å². The van der Waals surface area contributed by atoms with Crippen LogP contribution in [0.2, 0.25) is 0 Å². The number of nitrogens with two attached hydrogens (primary N) is 1. The van der Waals surface area contributed by atoms with E-state index >= 15 is 0 Å². The highest BCUT2D eigenvalue weighted by Crippen LogP contribution is 2.26. The molecule has 0 saturated heterocycles. The highest BCUT2D eigenvalue weighted by molar-refractivity contribution is 6.09. The number of aliphatic imine (C=N–C) groups is 1. The van der Waals surface area contributed by atoms with Gasteiger partial charge < -0.3 is 21.3 Å². The molecule has 0 aliphatic rings. The highest BCUT2D eigenvalue weighted by Gasteiger charge is 2.14. The van der Waals surface area contributed by atoms with Crippen LogP contribution in [0, 0.1) is 0 Å². The first-order chi connectivity index (χ1) is 16.4. The zero-order valence-corrected chi connectivity index (χ0v) is 19.5. The van der Waals surface area contributed by atoms with E-state index in [0.717, 1.165) is 23.4 Å². The number of nitrogens with zero attached hydrogens (tertiary/aromatic N) is 3. The fraction of sp³-hybridized carbons (Fsp3) is 0.148. The van der Waals surface area contributed by atoms with Crippen molar-refractivity contribution in [1.29, 1.82) is 0 Å². The number of aromatic nitrogens is 1. The first-order valence-corrected chi connectivity index (χ1v) is 10.9. The summed E-state index contributed by atoms with van der Waals surface area (Å²) in [5.74, 6) is -0.168. The van der Waals surface area contributed by atoms with Crippen molar-refractivity contribution < 1.29 is 4.79 Å². The topological polar surface area (TPSA) is 95.6 Å². The van der Waals surface area contributed by atoms with Crippen LogP contribution in [0.5, 0.6) is 0 Å². The number of hydrogen-bond acceptors (Lipinski definition) is 5. The summed E-state index contributed by atoms with van der Waals surface area (Å²) in [5, 5.41) is 6.16. The molecule has 0 radical (unpaired) electrons. The number of nitrogens with one attached hydrogen (secondary N) is 2. The lowest BCUT2D eigenvalue weighted by Gasteiger charge is -2.13. The molecule has 1 amide bonds. The van der Waals surface area contributed by atoms with E-state index in [1.807, 2.05) is 86.9 Å². The van der Waals surface area contributed by atoms with Crippen molar-refractivity contribution in [3.63, 3.8) is 0 Å². The van der Waals surface area contributed by atoms with Gasteiger partial charge in [0.05, 0.1) is 11.4 Å². The molecule has 0 aliphatic carbocycles. The van der Waals surface area contributed by atoms with Gasteiger partial charge in [-0.25, -0.2) is 4.99 Å². The second-order valence-electron chi connectivity index (χ2n) is 7.86. The van der Waals surface area contributed by atoms with E-state index < -0.39 is 5.91 Å². The Morgan fingerprint density at radius 2 is 1.76 bits per heavy atom. The third-order valence-corrected chi connectivity index (χ3v) is 4.88. The SMILES string of the molecule is C=C(/C=C(\N=C(/N)c1ccccc1)C(=O)Nc1ccccc1-c1ccccn1)NCCN(C)C. The van der Waals surface area contributed by atoms with E-state index in [9.17, 15) is 4.79 Å². The number of amides is 1. The van der Waals surface area contributed by atoms with Crippen molar-refractivity contribution in [1.82, 2.24) is 15.2 Å². The van der Waals surface area contributed by atoms with E-state index in [-0.39, 0.29) is 11.5 Å². The summed E-state index contributed by atoms with van der Waals surface area (Å²) in [6.45, 7) is 5.52. The molecule has 0 spiro atoms. The van der Waals surface area contributed by atoms with Gasteiger partial charge in [-0.05, 0) is 38.4 Å². The lowest BCUT2D eigenvalue weighted by molar-refractivity contribution is -0.112. The zero-order chi connectivity index (χ0) is 24.3. The van der Waals surface area contributed by atoms with Crippen LogP contribution in [-0.2, 0) is 4.79 Å². The number of hydrogen-bond donors (Lipinski definition) is 3. The molecule has 1 heterocycles. The minimum atomic E-state index is -0.405. The Morgan fingerprint density at radius 3 is 2.47 bits per heavy atom. The normalized spacial score (nSPS) is 11.9. The van der Waals surface area contributed by atoms with Gasteiger partial charge in [0.25, 0.3) is 5.91 Å². The van der Waals surface area contributed by atoms with Crippen LogP contribution in [0.4, 0.5) is 5.69 Å². The van der Waals surface area contributed by atoms with Gasteiger partial charge in [-0.2, -0.15) is 0 Å². The Kier molecular flexibility index (Phi) is 8.71. The molecule has 0 fully saturated rings. The van der Waals surface area contributed by atoms with E-state index in [4.69, 9.17) is 5.73 Å². The maximum absolute atomic E-state index is 13.3. The summed E-state index contributed by atoms with van der Waals surface area (Å²) in [5.41, 5.74) is 9.83. The standard InChI is InChI=1S/C27H30N6O/c1-20(29-17-18-33(2)3)19-25(31-26(28)21-11-5-4-6-12-21)27(34)32-24-15-8-7-13-22(24)23-14-9-10-16-30-23/h4-16,19,29H,1,17-18H2,2-3H3,(H2,28,31)(H,32,34)/b25-19-. The van der Waals surface area contributed by atoms with E-state index in [1.54, 1.807) is 12.3 Å². The fourth-order valence-corrected chi connectivity index (χ4v) is 3.13. The summed E-state index contributed by atoms with van der Waals surface area (Å²) >= 11 is 0.